The molecule has 4 N–H and O–H groups in total. The molecule has 6 nitrogen and oxygen atoms in total. The summed E-state index contributed by atoms with van der Waals surface area (Å²) in [5.74, 6) is -0.768. The molecule has 0 aromatic carbocycles. The molecule has 0 aliphatic carbocycles. The van der Waals surface area contributed by atoms with Crippen molar-refractivity contribution in [1.82, 2.24) is 10.2 Å². The molecule has 0 fully saturated rings. The fraction of sp³-hybridized carbons (Fsp3) is 0.400. The van der Waals surface area contributed by atoms with Gasteiger partial charge in [0.15, 0.2) is 3.92 Å². The predicted octanol–water partition coefficient (Wildman–Crippen LogP) is -0.441. The molecule has 0 aliphatic heterocycles. The summed E-state index contributed by atoms with van der Waals surface area (Å²) in [7, 11) is 0. The van der Waals surface area contributed by atoms with Crippen LogP contribution in [-0.4, -0.2) is 33.9 Å². The van der Waals surface area contributed by atoms with Gasteiger partial charge in [-0.1, -0.05) is 11.3 Å². The van der Waals surface area contributed by atoms with Gasteiger partial charge in [-0.15, -0.1) is 10.2 Å². The Hall–Kier alpha value is -0.730. The van der Waals surface area contributed by atoms with Gasteiger partial charge in [-0.05, 0) is 15.9 Å². The molecule has 1 amide bonds. The molecule has 0 radical (unpaired) electrons. The van der Waals surface area contributed by atoms with Crippen molar-refractivity contribution >= 4 is 38.3 Å². The van der Waals surface area contributed by atoms with Gasteiger partial charge in [-0.2, -0.15) is 0 Å². The molecule has 0 bridgehead atoms. The molecular weight excluding hydrogens is 260 g/mol. The number of anilines is 1. The Bertz CT molecular complexity index is 304. The first-order valence-corrected chi connectivity index (χ1v) is 4.91. The topological polar surface area (TPSA) is 101 Å². The highest BCUT2D eigenvalue weighted by Crippen LogP contribution is 2.19. The van der Waals surface area contributed by atoms with E-state index in [-0.39, 0.29) is 6.54 Å². The Morgan fingerprint density at radius 1 is 1.77 bits per heavy atom. The van der Waals surface area contributed by atoms with E-state index in [1.165, 1.54) is 11.3 Å². The third-order valence-corrected chi connectivity index (χ3v) is 2.49. The maximum absolute atomic E-state index is 10.4. The monoisotopic (exact) mass is 266 g/mol. The third kappa shape index (κ3) is 3.25. The molecule has 0 spiro atoms. The zero-order valence-corrected chi connectivity index (χ0v) is 8.80. The molecule has 0 saturated heterocycles. The van der Waals surface area contributed by atoms with Crippen molar-refractivity contribution in [2.24, 2.45) is 5.73 Å². The Balaban J connectivity index is 2.39. The SMILES string of the molecule is NC(=O)C(O)CNc1nnc(Br)s1. The second-order valence-corrected chi connectivity index (χ2v) is 4.41. The van der Waals surface area contributed by atoms with E-state index in [4.69, 9.17) is 10.8 Å². The van der Waals surface area contributed by atoms with Crippen LogP contribution >= 0.6 is 27.3 Å². The van der Waals surface area contributed by atoms with Crippen LogP contribution in [0.1, 0.15) is 0 Å². The van der Waals surface area contributed by atoms with Crippen molar-refractivity contribution < 1.29 is 9.90 Å². The number of hydrogen-bond acceptors (Lipinski definition) is 6. The van der Waals surface area contributed by atoms with Crippen LogP contribution in [0.4, 0.5) is 5.13 Å². The summed E-state index contributed by atoms with van der Waals surface area (Å²) < 4.78 is 0.628. The summed E-state index contributed by atoms with van der Waals surface area (Å²) in [6.07, 6.45) is -1.21. The average Bonchev–Trinajstić information content (AvgIpc) is 2.47. The van der Waals surface area contributed by atoms with Gasteiger partial charge in [0.2, 0.25) is 11.0 Å². The van der Waals surface area contributed by atoms with Gasteiger partial charge >= 0.3 is 0 Å². The minimum absolute atomic E-state index is 0.0387. The predicted molar refractivity (Wildman–Crippen MR) is 51.3 cm³/mol. The molecule has 8 heteroatoms. The molecule has 1 aromatic rings. The fourth-order valence-electron chi connectivity index (χ4n) is 0.561. The van der Waals surface area contributed by atoms with E-state index in [2.05, 4.69) is 31.4 Å². The zero-order chi connectivity index (χ0) is 9.84. The number of aliphatic hydroxyl groups excluding tert-OH is 1. The Kier molecular flexibility index (Phi) is 3.58. The van der Waals surface area contributed by atoms with E-state index < -0.39 is 12.0 Å². The van der Waals surface area contributed by atoms with Crippen LogP contribution < -0.4 is 11.1 Å². The van der Waals surface area contributed by atoms with Crippen LogP contribution in [0.2, 0.25) is 0 Å². The van der Waals surface area contributed by atoms with Crippen molar-refractivity contribution in [3.63, 3.8) is 0 Å². The fourth-order valence-corrected chi connectivity index (χ4v) is 1.58. The minimum atomic E-state index is -1.21. The summed E-state index contributed by atoms with van der Waals surface area (Å²) in [4.78, 5) is 10.4. The first-order valence-electron chi connectivity index (χ1n) is 3.30. The highest BCUT2D eigenvalue weighted by molar-refractivity contribution is 9.11. The lowest BCUT2D eigenvalue weighted by Gasteiger charge is -2.05. The molecule has 72 valence electrons. The van der Waals surface area contributed by atoms with E-state index in [0.717, 1.165) is 0 Å². The van der Waals surface area contributed by atoms with Gasteiger partial charge in [-0.3, -0.25) is 4.79 Å². The van der Waals surface area contributed by atoms with Gasteiger partial charge < -0.3 is 16.2 Å². The van der Waals surface area contributed by atoms with Gasteiger partial charge in [0.1, 0.15) is 6.10 Å². The van der Waals surface area contributed by atoms with E-state index in [9.17, 15) is 4.79 Å². The number of aromatic nitrogens is 2. The highest BCUT2D eigenvalue weighted by Gasteiger charge is 2.11. The van der Waals surface area contributed by atoms with Crippen molar-refractivity contribution in [2.45, 2.75) is 6.10 Å². The number of rotatable bonds is 4. The molecule has 1 aromatic heterocycles. The number of amides is 1. The largest absolute Gasteiger partial charge is 0.381 e. The number of nitrogens with zero attached hydrogens (tertiary/aromatic N) is 2. The summed E-state index contributed by atoms with van der Waals surface area (Å²) in [6, 6.07) is 0. The van der Waals surface area contributed by atoms with Crippen LogP contribution in [0.15, 0.2) is 3.92 Å². The molecule has 1 unspecified atom stereocenters. The number of nitrogens with two attached hydrogens (primary N) is 1. The molecular formula is C5H7BrN4O2S. The van der Waals surface area contributed by atoms with Crippen molar-refractivity contribution in [2.75, 3.05) is 11.9 Å². The number of primary amides is 1. The van der Waals surface area contributed by atoms with Crippen LogP contribution in [-0.2, 0) is 4.79 Å². The van der Waals surface area contributed by atoms with Crippen LogP contribution in [0.5, 0.6) is 0 Å². The van der Waals surface area contributed by atoms with Crippen molar-refractivity contribution in [3.05, 3.63) is 3.92 Å². The number of carbonyl (C=O) groups is 1. The molecule has 0 aliphatic rings. The maximum atomic E-state index is 10.4. The zero-order valence-electron chi connectivity index (χ0n) is 6.40. The average molecular weight is 267 g/mol. The molecule has 1 rings (SSSR count). The van der Waals surface area contributed by atoms with E-state index in [1.807, 2.05) is 0 Å². The smallest absolute Gasteiger partial charge is 0.248 e. The minimum Gasteiger partial charge on any atom is -0.381 e. The lowest BCUT2D eigenvalue weighted by molar-refractivity contribution is -0.125. The molecule has 1 atom stereocenters. The summed E-state index contributed by atoms with van der Waals surface area (Å²) in [5.41, 5.74) is 4.83. The number of aliphatic hydroxyl groups is 1. The van der Waals surface area contributed by atoms with Gasteiger partial charge in [-0.25, -0.2) is 0 Å². The molecule has 0 saturated carbocycles. The normalized spacial score (nSPS) is 12.5. The first-order chi connectivity index (χ1) is 6.09. The van der Waals surface area contributed by atoms with E-state index in [0.29, 0.717) is 9.05 Å². The van der Waals surface area contributed by atoms with Crippen LogP contribution in [0, 0.1) is 0 Å². The van der Waals surface area contributed by atoms with Crippen LogP contribution in [0.3, 0.4) is 0 Å². The molecule has 13 heavy (non-hydrogen) atoms. The number of carbonyl (C=O) groups excluding carboxylic acids is 1. The summed E-state index contributed by atoms with van der Waals surface area (Å²) in [6.45, 7) is 0.0387. The maximum Gasteiger partial charge on any atom is 0.248 e. The number of hydrogen-bond donors (Lipinski definition) is 3. The first kappa shape index (κ1) is 10.4. The Morgan fingerprint density at radius 2 is 2.46 bits per heavy atom. The van der Waals surface area contributed by atoms with Crippen LogP contribution in [0.25, 0.3) is 0 Å². The highest BCUT2D eigenvalue weighted by atomic mass is 79.9. The van der Waals surface area contributed by atoms with Gasteiger partial charge in [0.05, 0.1) is 6.54 Å². The third-order valence-electron chi connectivity index (χ3n) is 1.18. The Morgan fingerprint density at radius 3 is 2.92 bits per heavy atom. The number of nitrogens with one attached hydrogen (secondary N) is 1. The second-order valence-electron chi connectivity index (χ2n) is 2.16. The Labute approximate surface area is 86.3 Å². The van der Waals surface area contributed by atoms with Gasteiger partial charge in [0.25, 0.3) is 0 Å². The van der Waals surface area contributed by atoms with Crippen molar-refractivity contribution in [1.29, 1.82) is 0 Å². The summed E-state index contributed by atoms with van der Waals surface area (Å²) in [5, 5.41) is 19.6. The lowest BCUT2D eigenvalue weighted by atomic mass is 10.3. The molecule has 1 heterocycles. The number of halogens is 1. The summed E-state index contributed by atoms with van der Waals surface area (Å²) >= 11 is 4.38. The van der Waals surface area contributed by atoms with Crippen molar-refractivity contribution in [3.8, 4) is 0 Å². The van der Waals surface area contributed by atoms with E-state index in [1.54, 1.807) is 0 Å². The lowest BCUT2D eigenvalue weighted by Crippen LogP contribution is -2.34. The standard InChI is InChI=1S/C5H7BrN4O2S/c6-4-9-10-5(13-4)8-1-2(11)3(7)12/h2,11H,1H2,(H2,7,12)(H,8,10). The quantitative estimate of drug-likeness (QED) is 0.686. The van der Waals surface area contributed by atoms with E-state index >= 15 is 0 Å². The van der Waals surface area contributed by atoms with Gasteiger partial charge in [0, 0.05) is 0 Å². The second kappa shape index (κ2) is 4.49.